The number of nitrogens with two attached hydrogens (primary N) is 1. The number of hydrogen-bond donors (Lipinski definition) is 1. The van der Waals surface area contributed by atoms with Crippen LogP contribution in [-0.4, -0.2) is 32.4 Å². The minimum absolute atomic E-state index is 0.00447. The van der Waals surface area contributed by atoms with Gasteiger partial charge in [0.05, 0.1) is 0 Å². The lowest BCUT2D eigenvalue weighted by Gasteiger charge is -2.21. The molecule has 0 amide bonds. The quantitative estimate of drug-likeness (QED) is 0.867. The van der Waals surface area contributed by atoms with Gasteiger partial charge in [-0.15, -0.1) is 0 Å². The minimum Gasteiger partial charge on any atom is -0.465 e. The van der Waals surface area contributed by atoms with Crippen LogP contribution < -0.4 is 5.73 Å². The van der Waals surface area contributed by atoms with E-state index in [0.717, 1.165) is 0 Å². The first-order valence-corrected chi connectivity index (χ1v) is 7.89. The fraction of sp³-hybridized carbons (Fsp3) is 0.692. The summed E-state index contributed by atoms with van der Waals surface area (Å²) in [5, 5.41) is 0. The molecule has 0 unspecified atom stereocenters. The van der Waals surface area contributed by atoms with Crippen molar-refractivity contribution in [1.29, 1.82) is 0 Å². The maximum atomic E-state index is 12.4. The molecule has 6 heteroatoms. The molecule has 1 rings (SSSR count). The number of aryl methyl sites for hydroxylation is 2. The van der Waals surface area contributed by atoms with Crippen molar-refractivity contribution in [2.75, 3.05) is 13.6 Å². The van der Waals surface area contributed by atoms with Crippen molar-refractivity contribution < 1.29 is 12.8 Å². The molecular weight excluding hydrogens is 264 g/mol. The van der Waals surface area contributed by atoms with Crippen LogP contribution in [0.1, 0.15) is 31.8 Å². The Bertz CT molecular complexity index is 520. The third-order valence-electron chi connectivity index (χ3n) is 3.32. The highest BCUT2D eigenvalue weighted by molar-refractivity contribution is 7.89. The molecule has 5 nitrogen and oxygen atoms in total. The van der Waals surface area contributed by atoms with Crippen LogP contribution in [-0.2, 0) is 10.0 Å². The molecular formula is C13H24N2O3S. The topological polar surface area (TPSA) is 76.5 Å². The summed E-state index contributed by atoms with van der Waals surface area (Å²) >= 11 is 0. The molecule has 1 aromatic rings. The van der Waals surface area contributed by atoms with Gasteiger partial charge in [0.2, 0.25) is 10.0 Å². The number of rotatable bonds is 6. The molecule has 0 radical (unpaired) electrons. The molecule has 1 heterocycles. The van der Waals surface area contributed by atoms with Gasteiger partial charge in [0, 0.05) is 19.6 Å². The Balaban J connectivity index is 2.81. The van der Waals surface area contributed by atoms with Crippen molar-refractivity contribution >= 4 is 10.0 Å². The smallest absolute Gasteiger partial charge is 0.246 e. The van der Waals surface area contributed by atoms with Crippen LogP contribution in [0.15, 0.2) is 15.4 Å². The van der Waals surface area contributed by atoms with Crippen LogP contribution in [0.5, 0.6) is 0 Å². The summed E-state index contributed by atoms with van der Waals surface area (Å²) in [4.78, 5) is 0.241. The third kappa shape index (κ3) is 3.81. The molecule has 0 aliphatic rings. The SMILES string of the molecule is Cc1cc(S(=O)(=O)N(C)CC[C@@H](N)C(C)C)c(C)o1. The minimum atomic E-state index is -3.49. The van der Waals surface area contributed by atoms with Crippen molar-refractivity contribution in [3.8, 4) is 0 Å². The van der Waals surface area contributed by atoms with Crippen LogP contribution in [0.3, 0.4) is 0 Å². The third-order valence-corrected chi connectivity index (χ3v) is 5.28. The Morgan fingerprint density at radius 2 is 1.95 bits per heavy atom. The Hall–Kier alpha value is -0.850. The average Bonchev–Trinajstić information content (AvgIpc) is 2.65. The average molecular weight is 288 g/mol. The van der Waals surface area contributed by atoms with E-state index in [9.17, 15) is 8.42 Å². The van der Waals surface area contributed by atoms with E-state index in [1.54, 1.807) is 27.0 Å². The molecule has 0 bridgehead atoms. The van der Waals surface area contributed by atoms with E-state index in [1.807, 2.05) is 13.8 Å². The number of hydrogen-bond acceptors (Lipinski definition) is 4. The van der Waals surface area contributed by atoms with Crippen LogP contribution in [0.4, 0.5) is 0 Å². The molecule has 0 saturated heterocycles. The predicted octanol–water partition coefficient (Wildman–Crippen LogP) is 1.89. The first-order chi connectivity index (χ1) is 8.66. The fourth-order valence-corrected chi connectivity index (χ4v) is 3.22. The molecule has 19 heavy (non-hydrogen) atoms. The molecule has 2 N–H and O–H groups in total. The van der Waals surface area contributed by atoms with E-state index in [2.05, 4.69) is 0 Å². The van der Waals surface area contributed by atoms with Gasteiger partial charge in [0.1, 0.15) is 16.4 Å². The summed E-state index contributed by atoms with van der Waals surface area (Å²) in [5.74, 6) is 1.37. The van der Waals surface area contributed by atoms with E-state index in [-0.39, 0.29) is 10.9 Å². The molecule has 110 valence electrons. The summed E-state index contributed by atoms with van der Waals surface area (Å²) in [6.45, 7) is 7.87. The second-order valence-corrected chi connectivity index (χ2v) is 7.31. The molecule has 0 fully saturated rings. The molecule has 0 aromatic carbocycles. The summed E-state index contributed by atoms with van der Waals surface area (Å²) in [7, 11) is -1.91. The Kier molecular flexibility index (Phi) is 5.18. The monoisotopic (exact) mass is 288 g/mol. The summed E-state index contributed by atoms with van der Waals surface area (Å²) in [6.07, 6.45) is 0.642. The van der Waals surface area contributed by atoms with Crippen molar-refractivity contribution in [3.05, 3.63) is 17.6 Å². The van der Waals surface area contributed by atoms with Crippen molar-refractivity contribution in [2.45, 2.75) is 45.1 Å². The van der Waals surface area contributed by atoms with Gasteiger partial charge in [0.15, 0.2) is 0 Å². The zero-order valence-corrected chi connectivity index (χ0v) is 13.1. The zero-order valence-electron chi connectivity index (χ0n) is 12.3. The maximum absolute atomic E-state index is 12.4. The van der Waals surface area contributed by atoms with E-state index >= 15 is 0 Å². The number of furan rings is 1. The number of sulfonamides is 1. The first-order valence-electron chi connectivity index (χ1n) is 6.45. The van der Waals surface area contributed by atoms with E-state index in [1.165, 1.54) is 4.31 Å². The van der Waals surface area contributed by atoms with Gasteiger partial charge in [-0.25, -0.2) is 12.7 Å². The molecule has 1 atom stereocenters. The molecule has 0 saturated carbocycles. The van der Waals surface area contributed by atoms with Crippen LogP contribution >= 0.6 is 0 Å². The predicted molar refractivity (Wildman–Crippen MR) is 75.4 cm³/mol. The largest absolute Gasteiger partial charge is 0.465 e. The number of nitrogens with zero attached hydrogens (tertiary/aromatic N) is 1. The van der Waals surface area contributed by atoms with Gasteiger partial charge in [-0.05, 0) is 32.3 Å². The Labute approximate surface area is 115 Å². The molecule has 0 spiro atoms. The van der Waals surface area contributed by atoms with Gasteiger partial charge in [-0.1, -0.05) is 13.8 Å². The van der Waals surface area contributed by atoms with Gasteiger partial charge >= 0.3 is 0 Å². The normalized spacial score (nSPS) is 14.3. The van der Waals surface area contributed by atoms with Crippen LogP contribution in [0.25, 0.3) is 0 Å². The Morgan fingerprint density at radius 1 is 1.37 bits per heavy atom. The lowest BCUT2D eigenvalue weighted by atomic mass is 10.0. The Morgan fingerprint density at radius 3 is 2.37 bits per heavy atom. The lowest BCUT2D eigenvalue weighted by molar-refractivity contribution is 0.396. The highest BCUT2D eigenvalue weighted by atomic mass is 32.2. The summed E-state index contributed by atoms with van der Waals surface area (Å²) in [5.41, 5.74) is 5.94. The summed E-state index contributed by atoms with van der Waals surface area (Å²) in [6, 6.07) is 1.56. The van der Waals surface area contributed by atoms with E-state index < -0.39 is 10.0 Å². The molecule has 0 aliphatic carbocycles. The van der Waals surface area contributed by atoms with Gasteiger partial charge in [-0.2, -0.15) is 0 Å². The zero-order chi connectivity index (χ0) is 14.8. The summed E-state index contributed by atoms with van der Waals surface area (Å²) < 4.78 is 31.4. The van der Waals surface area contributed by atoms with E-state index in [4.69, 9.17) is 10.2 Å². The van der Waals surface area contributed by atoms with Gasteiger partial charge in [0.25, 0.3) is 0 Å². The van der Waals surface area contributed by atoms with Crippen molar-refractivity contribution in [2.24, 2.45) is 11.7 Å². The highest BCUT2D eigenvalue weighted by Gasteiger charge is 2.25. The standard InChI is InChI=1S/C13H24N2O3S/c1-9(2)12(14)6-7-15(5)19(16,17)13-8-10(3)18-11(13)4/h8-9,12H,6-7,14H2,1-5H3/t12-/m1/s1. The van der Waals surface area contributed by atoms with Crippen molar-refractivity contribution in [3.63, 3.8) is 0 Å². The molecule has 0 aliphatic heterocycles. The second-order valence-electron chi connectivity index (χ2n) is 5.30. The van der Waals surface area contributed by atoms with E-state index in [0.29, 0.717) is 30.4 Å². The second kappa shape index (κ2) is 6.07. The fourth-order valence-electron chi connectivity index (χ4n) is 1.82. The first kappa shape index (κ1) is 16.2. The van der Waals surface area contributed by atoms with Gasteiger partial charge in [-0.3, -0.25) is 0 Å². The maximum Gasteiger partial charge on any atom is 0.246 e. The lowest BCUT2D eigenvalue weighted by Crippen LogP contribution is -2.34. The van der Waals surface area contributed by atoms with Crippen LogP contribution in [0.2, 0.25) is 0 Å². The van der Waals surface area contributed by atoms with Gasteiger partial charge < -0.3 is 10.2 Å². The van der Waals surface area contributed by atoms with Crippen LogP contribution in [0, 0.1) is 19.8 Å². The van der Waals surface area contributed by atoms with Crippen molar-refractivity contribution in [1.82, 2.24) is 4.31 Å². The highest BCUT2D eigenvalue weighted by Crippen LogP contribution is 2.22. The molecule has 1 aromatic heterocycles.